The van der Waals surface area contributed by atoms with Gasteiger partial charge in [-0.3, -0.25) is 14.9 Å². The molecule has 1 amide bonds. The van der Waals surface area contributed by atoms with Crippen molar-refractivity contribution in [3.05, 3.63) is 33.9 Å². The van der Waals surface area contributed by atoms with Gasteiger partial charge in [-0.1, -0.05) is 6.07 Å². The van der Waals surface area contributed by atoms with Crippen LogP contribution >= 0.6 is 0 Å². The molecule has 0 atom stereocenters. The lowest BCUT2D eigenvalue weighted by molar-refractivity contribution is -0.385. The van der Waals surface area contributed by atoms with Crippen molar-refractivity contribution in [3.63, 3.8) is 0 Å². The van der Waals surface area contributed by atoms with Crippen molar-refractivity contribution in [1.82, 2.24) is 5.32 Å². The van der Waals surface area contributed by atoms with Crippen LogP contribution in [0.1, 0.15) is 23.7 Å². The summed E-state index contributed by atoms with van der Waals surface area (Å²) in [6, 6.07) is 3.72. The lowest BCUT2D eigenvalue weighted by Gasteiger charge is -2.09. The van der Waals surface area contributed by atoms with E-state index in [-0.39, 0.29) is 24.7 Å². The number of nitro benzene ring substituents is 1. The summed E-state index contributed by atoms with van der Waals surface area (Å²) in [6.07, 6.45) is 0.0373. The van der Waals surface area contributed by atoms with Gasteiger partial charge in [0, 0.05) is 12.6 Å². The van der Waals surface area contributed by atoms with Gasteiger partial charge < -0.3 is 15.2 Å². The van der Waals surface area contributed by atoms with Gasteiger partial charge in [0.05, 0.1) is 18.0 Å². The third kappa shape index (κ3) is 3.94. The molecule has 0 aliphatic heterocycles. The van der Waals surface area contributed by atoms with Crippen LogP contribution in [0.25, 0.3) is 0 Å². The molecule has 20 heavy (non-hydrogen) atoms. The maximum absolute atomic E-state index is 11.2. The molecular weight excluding hydrogens is 268 g/mol. The van der Waals surface area contributed by atoms with Crippen LogP contribution in [0.15, 0.2) is 18.2 Å². The molecule has 108 valence electrons. The molecule has 1 rings (SSSR count). The summed E-state index contributed by atoms with van der Waals surface area (Å²) in [5, 5.41) is 22.3. The number of nitrogens with zero attached hydrogens (tertiary/aromatic N) is 1. The number of hydrogen-bond donors (Lipinski definition) is 2. The normalized spacial score (nSPS) is 9.85. The number of carbonyl (C=O) groups is 2. The molecule has 0 aliphatic rings. The highest BCUT2D eigenvalue weighted by atomic mass is 16.6. The number of amides is 1. The van der Waals surface area contributed by atoms with Gasteiger partial charge in [0.25, 0.3) is 5.69 Å². The quantitative estimate of drug-likeness (QED) is 0.573. The van der Waals surface area contributed by atoms with Crippen molar-refractivity contribution in [2.45, 2.75) is 13.3 Å². The summed E-state index contributed by atoms with van der Waals surface area (Å²) < 4.78 is 5.16. The zero-order chi connectivity index (χ0) is 15.1. The van der Waals surface area contributed by atoms with E-state index in [1.165, 1.54) is 12.1 Å². The largest absolute Gasteiger partial charge is 0.492 e. The third-order valence-electron chi connectivity index (χ3n) is 2.38. The van der Waals surface area contributed by atoms with E-state index in [9.17, 15) is 19.7 Å². The Kier molecular flexibility index (Phi) is 5.45. The minimum Gasteiger partial charge on any atom is -0.492 e. The van der Waals surface area contributed by atoms with Crippen molar-refractivity contribution in [2.24, 2.45) is 0 Å². The van der Waals surface area contributed by atoms with Crippen molar-refractivity contribution in [3.8, 4) is 5.75 Å². The van der Waals surface area contributed by atoms with Crippen LogP contribution in [0, 0.1) is 10.1 Å². The van der Waals surface area contributed by atoms with Gasteiger partial charge >= 0.3 is 5.97 Å². The average molecular weight is 282 g/mol. The topological polar surface area (TPSA) is 119 Å². The van der Waals surface area contributed by atoms with E-state index in [4.69, 9.17) is 9.84 Å². The summed E-state index contributed by atoms with van der Waals surface area (Å²) in [5.74, 6) is -1.82. The molecule has 0 bridgehead atoms. The van der Waals surface area contributed by atoms with Gasteiger partial charge in [-0.25, -0.2) is 4.79 Å². The molecule has 0 fully saturated rings. The Hall–Kier alpha value is -2.64. The van der Waals surface area contributed by atoms with Crippen LogP contribution in [-0.4, -0.2) is 35.1 Å². The van der Waals surface area contributed by atoms with E-state index in [0.717, 1.165) is 6.07 Å². The smallest absolute Gasteiger partial charge is 0.346 e. The zero-order valence-corrected chi connectivity index (χ0v) is 10.8. The molecule has 0 radical (unpaired) electrons. The highest BCUT2D eigenvalue weighted by molar-refractivity contribution is 5.95. The molecule has 0 heterocycles. The van der Waals surface area contributed by atoms with E-state index < -0.39 is 22.1 Å². The average Bonchev–Trinajstić information content (AvgIpc) is 2.38. The van der Waals surface area contributed by atoms with Gasteiger partial charge in [-0.15, -0.1) is 0 Å². The van der Waals surface area contributed by atoms with Crippen LogP contribution in [0.3, 0.4) is 0 Å². The molecule has 2 N–H and O–H groups in total. The van der Waals surface area contributed by atoms with Crippen LogP contribution in [-0.2, 0) is 4.79 Å². The van der Waals surface area contributed by atoms with E-state index in [2.05, 4.69) is 5.32 Å². The predicted molar refractivity (Wildman–Crippen MR) is 68.9 cm³/mol. The number of hydrogen-bond acceptors (Lipinski definition) is 5. The summed E-state index contributed by atoms with van der Waals surface area (Å²) in [6.45, 7) is 2.19. The zero-order valence-electron chi connectivity index (χ0n) is 10.8. The van der Waals surface area contributed by atoms with Crippen molar-refractivity contribution >= 4 is 17.6 Å². The van der Waals surface area contributed by atoms with Gasteiger partial charge in [-0.2, -0.15) is 0 Å². The molecule has 0 aliphatic carbocycles. The maximum atomic E-state index is 11.2. The van der Waals surface area contributed by atoms with E-state index in [1.807, 2.05) is 0 Å². The van der Waals surface area contributed by atoms with Crippen LogP contribution in [0.2, 0.25) is 0 Å². The minimum atomic E-state index is -1.45. The first-order chi connectivity index (χ1) is 9.47. The standard InChI is InChI=1S/C12H14N2O6/c1-2-13-10(15)6-7-20-9-5-3-4-8(14(18)19)11(9)12(16)17/h3-5H,2,6-7H2,1H3,(H,13,15)(H,16,17). The molecule has 0 unspecified atom stereocenters. The molecule has 0 aromatic heterocycles. The van der Waals surface area contributed by atoms with Crippen LogP contribution in [0.4, 0.5) is 5.69 Å². The second-order valence-corrected chi connectivity index (χ2v) is 3.76. The molecule has 8 nitrogen and oxygen atoms in total. The number of nitro groups is 1. The first kappa shape index (κ1) is 15.4. The number of carbonyl (C=O) groups excluding carboxylic acids is 1. The molecule has 8 heteroatoms. The molecule has 0 saturated carbocycles. The van der Waals surface area contributed by atoms with Crippen LogP contribution < -0.4 is 10.1 Å². The number of rotatable bonds is 7. The monoisotopic (exact) mass is 282 g/mol. The maximum Gasteiger partial charge on any atom is 0.346 e. The highest BCUT2D eigenvalue weighted by Crippen LogP contribution is 2.28. The number of aromatic carboxylic acids is 1. The van der Waals surface area contributed by atoms with E-state index in [0.29, 0.717) is 6.54 Å². The summed E-state index contributed by atoms with van der Waals surface area (Å²) in [4.78, 5) is 32.3. The third-order valence-corrected chi connectivity index (χ3v) is 2.38. The summed E-state index contributed by atoms with van der Waals surface area (Å²) >= 11 is 0. The van der Waals surface area contributed by atoms with Gasteiger partial charge in [0.2, 0.25) is 5.91 Å². The van der Waals surface area contributed by atoms with Crippen molar-refractivity contribution in [2.75, 3.05) is 13.2 Å². The Bertz CT molecular complexity index is 529. The van der Waals surface area contributed by atoms with E-state index >= 15 is 0 Å². The number of carboxylic acid groups (broad SMARTS) is 1. The predicted octanol–water partition coefficient (Wildman–Crippen LogP) is 1.20. The van der Waals surface area contributed by atoms with Gasteiger partial charge in [-0.05, 0) is 13.0 Å². The summed E-state index contributed by atoms with van der Waals surface area (Å²) in [7, 11) is 0. The van der Waals surface area contributed by atoms with E-state index in [1.54, 1.807) is 6.92 Å². The molecule has 0 saturated heterocycles. The Balaban J connectivity index is 2.85. The fourth-order valence-electron chi connectivity index (χ4n) is 1.55. The lowest BCUT2D eigenvalue weighted by Crippen LogP contribution is -2.24. The molecule has 1 aromatic rings. The van der Waals surface area contributed by atoms with Crippen molar-refractivity contribution < 1.29 is 24.4 Å². The number of nitrogens with one attached hydrogen (secondary N) is 1. The fourth-order valence-corrected chi connectivity index (χ4v) is 1.55. The first-order valence-corrected chi connectivity index (χ1v) is 5.87. The number of carboxylic acids is 1. The Labute approximate surface area is 114 Å². The Morgan fingerprint density at radius 1 is 1.45 bits per heavy atom. The minimum absolute atomic E-state index is 0.0373. The lowest BCUT2D eigenvalue weighted by atomic mass is 10.1. The number of ether oxygens (including phenoxy) is 1. The SMILES string of the molecule is CCNC(=O)CCOc1cccc([N+](=O)[O-])c1C(=O)O. The molecule has 0 spiro atoms. The molecular formula is C12H14N2O6. The van der Waals surface area contributed by atoms with Crippen LogP contribution in [0.5, 0.6) is 5.75 Å². The number of benzene rings is 1. The van der Waals surface area contributed by atoms with Gasteiger partial charge in [0.1, 0.15) is 5.75 Å². The summed E-state index contributed by atoms with van der Waals surface area (Å²) in [5.41, 5.74) is -1.07. The second-order valence-electron chi connectivity index (χ2n) is 3.76. The first-order valence-electron chi connectivity index (χ1n) is 5.87. The van der Waals surface area contributed by atoms with Crippen molar-refractivity contribution in [1.29, 1.82) is 0 Å². The second kappa shape index (κ2) is 7.07. The fraction of sp³-hybridized carbons (Fsp3) is 0.333. The van der Waals surface area contributed by atoms with Gasteiger partial charge in [0.15, 0.2) is 5.56 Å². The highest BCUT2D eigenvalue weighted by Gasteiger charge is 2.24. The Morgan fingerprint density at radius 3 is 2.70 bits per heavy atom. The molecule has 1 aromatic carbocycles. The Morgan fingerprint density at radius 2 is 2.15 bits per heavy atom.